The molecule has 0 aromatic carbocycles. The summed E-state index contributed by atoms with van der Waals surface area (Å²) in [4.78, 5) is 19.4. The van der Waals surface area contributed by atoms with Crippen molar-refractivity contribution in [2.75, 3.05) is 24.1 Å². The molecule has 1 saturated heterocycles. The summed E-state index contributed by atoms with van der Waals surface area (Å²) in [5.41, 5.74) is 5.89. The predicted octanol–water partition coefficient (Wildman–Crippen LogP) is 2.17. The van der Waals surface area contributed by atoms with Gasteiger partial charge < -0.3 is 16.0 Å². The number of fused-ring (bicyclic) bond motifs is 2. The number of nitrogens with one attached hydrogen (secondary N) is 1. The SMILES string of the molecule is CCCNc1nc(N)c(C(=O)N2CC3CCC2C3)s1. The van der Waals surface area contributed by atoms with Gasteiger partial charge in [-0.1, -0.05) is 18.3 Å². The Labute approximate surface area is 117 Å². The minimum atomic E-state index is 0.0757. The van der Waals surface area contributed by atoms with Gasteiger partial charge in [0.25, 0.3) is 5.91 Å². The largest absolute Gasteiger partial charge is 0.382 e. The highest BCUT2D eigenvalue weighted by atomic mass is 32.1. The van der Waals surface area contributed by atoms with Crippen LogP contribution in [0.1, 0.15) is 42.3 Å². The van der Waals surface area contributed by atoms with Gasteiger partial charge in [0.1, 0.15) is 10.7 Å². The molecule has 1 aliphatic heterocycles. The van der Waals surface area contributed by atoms with Gasteiger partial charge in [0, 0.05) is 19.1 Å². The number of nitrogens with two attached hydrogens (primary N) is 1. The molecule has 2 aliphatic rings. The molecule has 3 rings (SSSR count). The summed E-state index contributed by atoms with van der Waals surface area (Å²) >= 11 is 1.38. The zero-order valence-electron chi connectivity index (χ0n) is 11.2. The van der Waals surface area contributed by atoms with Gasteiger partial charge in [0.15, 0.2) is 5.13 Å². The smallest absolute Gasteiger partial charge is 0.268 e. The molecule has 2 atom stereocenters. The third-order valence-corrected chi connectivity index (χ3v) is 5.06. The van der Waals surface area contributed by atoms with E-state index in [1.165, 1.54) is 24.2 Å². The van der Waals surface area contributed by atoms with Crippen molar-refractivity contribution in [2.24, 2.45) is 5.92 Å². The summed E-state index contributed by atoms with van der Waals surface area (Å²) < 4.78 is 0. The molecule has 6 heteroatoms. The Morgan fingerprint density at radius 3 is 3.05 bits per heavy atom. The molecule has 3 N–H and O–H groups in total. The Morgan fingerprint density at radius 2 is 2.42 bits per heavy atom. The summed E-state index contributed by atoms with van der Waals surface area (Å²) in [6.45, 7) is 3.85. The zero-order chi connectivity index (χ0) is 13.4. The van der Waals surface area contributed by atoms with Gasteiger partial charge in [0.2, 0.25) is 0 Å². The fourth-order valence-corrected chi connectivity index (χ4v) is 3.96. The molecule has 1 saturated carbocycles. The standard InChI is InChI=1S/C13H20N4OS/c1-2-5-15-13-16-11(14)10(19-13)12(18)17-7-8-3-4-9(17)6-8/h8-9H,2-7,14H2,1H3,(H,15,16). The summed E-state index contributed by atoms with van der Waals surface area (Å²) in [7, 11) is 0. The molecule has 1 aromatic rings. The minimum absolute atomic E-state index is 0.0757. The Morgan fingerprint density at radius 1 is 1.58 bits per heavy atom. The van der Waals surface area contributed by atoms with E-state index in [-0.39, 0.29) is 5.91 Å². The molecule has 19 heavy (non-hydrogen) atoms. The predicted molar refractivity (Wildman–Crippen MR) is 77.5 cm³/mol. The molecule has 2 unspecified atom stereocenters. The lowest BCUT2D eigenvalue weighted by Gasteiger charge is -2.26. The fraction of sp³-hybridized carbons (Fsp3) is 0.692. The average molecular weight is 280 g/mol. The molecule has 2 fully saturated rings. The van der Waals surface area contributed by atoms with Crippen molar-refractivity contribution in [3.63, 3.8) is 0 Å². The summed E-state index contributed by atoms with van der Waals surface area (Å²) in [5, 5.41) is 3.95. The molecular weight excluding hydrogens is 260 g/mol. The fourth-order valence-electron chi connectivity index (χ4n) is 3.10. The van der Waals surface area contributed by atoms with Crippen LogP contribution in [0.5, 0.6) is 0 Å². The van der Waals surface area contributed by atoms with Crippen LogP contribution >= 0.6 is 11.3 Å². The molecule has 2 bridgehead atoms. The molecule has 0 spiro atoms. The summed E-state index contributed by atoms with van der Waals surface area (Å²) in [5.74, 6) is 1.16. The third kappa shape index (κ3) is 2.29. The number of hydrogen-bond donors (Lipinski definition) is 2. The van der Waals surface area contributed by atoms with Crippen LogP contribution in [-0.2, 0) is 0 Å². The highest BCUT2D eigenvalue weighted by Gasteiger charge is 2.41. The number of carbonyl (C=O) groups excluding carboxylic acids is 1. The topological polar surface area (TPSA) is 71.2 Å². The van der Waals surface area contributed by atoms with Crippen LogP contribution in [0.2, 0.25) is 0 Å². The lowest BCUT2D eigenvalue weighted by molar-refractivity contribution is 0.0709. The van der Waals surface area contributed by atoms with E-state index in [2.05, 4.69) is 17.2 Å². The maximum Gasteiger partial charge on any atom is 0.268 e. The highest BCUT2D eigenvalue weighted by molar-refractivity contribution is 7.18. The second-order valence-corrected chi connectivity index (χ2v) is 6.45. The number of nitrogens with zero attached hydrogens (tertiary/aromatic N) is 2. The second-order valence-electron chi connectivity index (χ2n) is 5.45. The molecule has 1 aromatic heterocycles. The number of anilines is 2. The van der Waals surface area contributed by atoms with E-state index in [0.717, 1.165) is 31.1 Å². The normalized spacial score (nSPS) is 25.0. The molecule has 1 amide bonds. The number of likely N-dealkylation sites (tertiary alicyclic amines) is 1. The molecule has 2 heterocycles. The lowest BCUT2D eigenvalue weighted by atomic mass is 10.1. The van der Waals surface area contributed by atoms with Crippen LogP contribution in [0.3, 0.4) is 0 Å². The maximum absolute atomic E-state index is 12.5. The number of carbonyl (C=O) groups is 1. The van der Waals surface area contributed by atoms with E-state index in [1.54, 1.807) is 0 Å². The molecule has 0 radical (unpaired) electrons. The number of rotatable bonds is 4. The summed E-state index contributed by atoms with van der Waals surface area (Å²) in [6, 6.07) is 0.436. The van der Waals surface area contributed by atoms with Gasteiger partial charge in [-0.2, -0.15) is 0 Å². The van der Waals surface area contributed by atoms with Crippen LogP contribution in [0.15, 0.2) is 0 Å². The van der Waals surface area contributed by atoms with E-state index >= 15 is 0 Å². The van der Waals surface area contributed by atoms with E-state index in [1.807, 2.05) is 4.90 Å². The lowest BCUT2D eigenvalue weighted by Crippen LogP contribution is -2.37. The van der Waals surface area contributed by atoms with E-state index in [0.29, 0.717) is 22.7 Å². The van der Waals surface area contributed by atoms with Crippen LogP contribution in [0.25, 0.3) is 0 Å². The summed E-state index contributed by atoms with van der Waals surface area (Å²) in [6.07, 6.45) is 4.62. The van der Waals surface area contributed by atoms with E-state index < -0.39 is 0 Å². The Bertz CT molecular complexity index is 487. The van der Waals surface area contributed by atoms with E-state index in [4.69, 9.17) is 5.73 Å². The van der Waals surface area contributed by atoms with Crippen molar-refractivity contribution < 1.29 is 4.79 Å². The van der Waals surface area contributed by atoms with Crippen LogP contribution in [0, 0.1) is 5.92 Å². The minimum Gasteiger partial charge on any atom is -0.382 e. The van der Waals surface area contributed by atoms with Crippen molar-refractivity contribution in [2.45, 2.75) is 38.6 Å². The second kappa shape index (κ2) is 5.00. The van der Waals surface area contributed by atoms with Crippen molar-refractivity contribution in [1.29, 1.82) is 0 Å². The Kier molecular flexibility index (Phi) is 3.35. The van der Waals surface area contributed by atoms with Crippen molar-refractivity contribution in [3.05, 3.63) is 4.88 Å². The average Bonchev–Trinajstić information content (AvgIpc) is 3.10. The van der Waals surface area contributed by atoms with Gasteiger partial charge in [-0.15, -0.1) is 0 Å². The van der Waals surface area contributed by atoms with Gasteiger partial charge in [-0.05, 0) is 31.6 Å². The zero-order valence-corrected chi connectivity index (χ0v) is 12.0. The Hall–Kier alpha value is -1.30. The van der Waals surface area contributed by atoms with Gasteiger partial charge >= 0.3 is 0 Å². The molecule has 104 valence electrons. The first-order valence-electron chi connectivity index (χ1n) is 7.00. The van der Waals surface area contributed by atoms with Crippen LogP contribution in [0.4, 0.5) is 10.9 Å². The molecular formula is C13H20N4OS. The first kappa shape index (κ1) is 12.7. The van der Waals surface area contributed by atoms with Crippen molar-refractivity contribution in [1.82, 2.24) is 9.88 Å². The van der Waals surface area contributed by atoms with Gasteiger partial charge in [0.05, 0.1) is 0 Å². The Balaban J connectivity index is 1.74. The number of piperidine rings is 1. The highest BCUT2D eigenvalue weighted by Crippen LogP contribution is 2.39. The van der Waals surface area contributed by atoms with Crippen LogP contribution < -0.4 is 11.1 Å². The van der Waals surface area contributed by atoms with Gasteiger partial charge in [-0.25, -0.2) is 4.98 Å². The first-order valence-corrected chi connectivity index (χ1v) is 7.81. The third-order valence-electron chi connectivity index (χ3n) is 4.04. The number of aromatic nitrogens is 1. The monoisotopic (exact) mass is 280 g/mol. The number of amides is 1. The molecule has 1 aliphatic carbocycles. The van der Waals surface area contributed by atoms with Crippen molar-refractivity contribution >= 4 is 28.2 Å². The van der Waals surface area contributed by atoms with Crippen molar-refractivity contribution in [3.8, 4) is 0 Å². The molecule has 5 nitrogen and oxygen atoms in total. The van der Waals surface area contributed by atoms with E-state index in [9.17, 15) is 4.79 Å². The number of nitrogen functional groups attached to an aromatic ring is 1. The number of hydrogen-bond acceptors (Lipinski definition) is 5. The maximum atomic E-state index is 12.5. The quantitative estimate of drug-likeness (QED) is 0.886. The van der Waals surface area contributed by atoms with Crippen LogP contribution in [-0.4, -0.2) is 34.9 Å². The number of thiazole rings is 1. The first-order chi connectivity index (χ1) is 9.19. The van der Waals surface area contributed by atoms with Gasteiger partial charge in [-0.3, -0.25) is 4.79 Å².